The van der Waals surface area contributed by atoms with Gasteiger partial charge in [0.05, 0.1) is 12.1 Å². The van der Waals surface area contributed by atoms with Crippen LogP contribution < -0.4 is 5.73 Å². The van der Waals surface area contributed by atoms with Crippen LogP contribution in [0.3, 0.4) is 0 Å². The Morgan fingerprint density at radius 2 is 2.00 bits per heavy atom. The number of hydrogen-bond donors (Lipinski definition) is 2. The third-order valence-electron chi connectivity index (χ3n) is 3.53. The number of primary amides is 1. The van der Waals surface area contributed by atoms with Crippen molar-refractivity contribution in [2.24, 2.45) is 5.73 Å². The minimum Gasteiger partial charge on any atom is -0.368 e. The average molecular weight is 357 g/mol. The quantitative estimate of drug-likeness (QED) is 0.814. The molecule has 0 bridgehead atoms. The number of nitrogens with two attached hydrogens (primary N) is 1. The summed E-state index contributed by atoms with van der Waals surface area (Å²) in [6.07, 6.45) is 4.02. The van der Waals surface area contributed by atoms with E-state index in [9.17, 15) is 9.59 Å². The van der Waals surface area contributed by atoms with E-state index >= 15 is 0 Å². The summed E-state index contributed by atoms with van der Waals surface area (Å²) in [7, 11) is 0. The first-order chi connectivity index (χ1) is 9.49. The molecule has 1 aromatic carbocycles. The van der Waals surface area contributed by atoms with Crippen LogP contribution in [0.25, 0.3) is 0 Å². The molecule has 0 unspecified atom stereocenters. The Hall–Kier alpha value is -1.01. The highest BCUT2D eigenvalue weighted by Crippen LogP contribution is 2.27. The van der Waals surface area contributed by atoms with Gasteiger partial charge in [0, 0.05) is 15.4 Å². The highest BCUT2D eigenvalue weighted by Gasteiger charge is 2.29. The van der Waals surface area contributed by atoms with Gasteiger partial charge in [-0.05, 0) is 47.0 Å². The highest BCUT2D eigenvalue weighted by molar-refractivity contribution is 9.10. The molecule has 1 aromatic rings. The van der Waals surface area contributed by atoms with Crippen LogP contribution in [0.4, 0.5) is 0 Å². The Balaban J connectivity index is 2.29. The van der Waals surface area contributed by atoms with Crippen LogP contribution in [0.15, 0.2) is 27.6 Å². The first kappa shape index (κ1) is 15.4. The minimum absolute atomic E-state index is 0.0350. The second-order valence-electron chi connectivity index (χ2n) is 5.00. The van der Waals surface area contributed by atoms with Gasteiger partial charge in [0.15, 0.2) is 0 Å². The third-order valence-corrected chi connectivity index (χ3v) is 4.50. The van der Waals surface area contributed by atoms with Crippen molar-refractivity contribution in [3.63, 3.8) is 0 Å². The smallest absolute Gasteiger partial charge is 0.255 e. The number of carbonyl (C=O) groups excluding carboxylic acids is 2. The van der Waals surface area contributed by atoms with Crippen LogP contribution in [0, 0.1) is 0 Å². The number of hydrogen-bond acceptors (Lipinski definition) is 3. The van der Waals surface area contributed by atoms with Gasteiger partial charge in [0.1, 0.15) is 0 Å². The van der Waals surface area contributed by atoms with E-state index in [4.69, 9.17) is 5.73 Å². The van der Waals surface area contributed by atoms with Crippen molar-refractivity contribution in [1.82, 2.24) is 4.90 Å². The zero-order chi connectivity index (χ0) is 14.7. The average Bonchev–Trinajstić information content (AvgIpc) is 2.91. The van der Waals surface area contributed by atoms with Gasteiger partial charge in [-0.2, -0.15) is 0 Å². The summed E-state index contributed by atoms with van der Waals surface area (Å²) in [5.74, 6) is -0.651. The van der Waals surface area contributed by atoms with E-state index in [-0.39, 0.29) is 18.5 Å². The van der Waals surface area contributed by atoms with Crippen LogP contribution in [0.5, 0.6) is 0 Å². The molecule has 1 fully saturated rings. The molecular weight excluding hydrogens is 340 g/mol. The van der Waals surface area contributed by atoms with Crippen molar-refractivity contribution in [2.75, 3.05) is 6.54 Å². The molecule has 2 amide bonds. The number of benzene rings is 1. The molecule has 1 saturated carbocycles. The molecule has 1 aliphatic rings. The second kappa shape index (κ2) is 6.63. The van der Waals surface area contributed by atoms with Gasteiger partial charge in [-0.1, -0.05) is 12.8 Å². The molecule has 0 saturated heterocycles. The summed E-state index contributed by atoms with van der Waals surface area (Å²) in [5, 5.41) is 0. The number of rotatable bonds is 4. The van der Waals surface area contributed by atoms with Crippen molar-refractivity contribution < 1.29 is 9.59 Å². The standard InChI is InChI=1S/C14H17BrN2O2S/c15-12-6-5-10(20)7-11(12)14(19)17(8-13(16)18)9-3-1-2-4-9/h5-7,9,20H,1-4,8H2,(H2,16,18). The van der Waals surface area contributed by atoms with Crippen molar-refractivity contribution in [3.05, 3.63) is 28.2 Å². The molecular formula is C14H17BrN2O2S. The number of halogens is 1. The predicted octanol–water partition coefficient (Wildman–Crippen LogP) is 2.61. The molecule has 1 aliphatic carbocycles. The maximum Gasteiger partial charge on any atom is 0.255 e. The Morgan fingerprint density at radius 1 is 1.35 bits per heavy atom. The number of carbonyl (C=O) groups is 2. The third kappa shape index (κ3) is 3.55. The maximum absolute atomic E-state index is 12.7. The molecule has 0 atom stereocenters. The fraction of sp³-hybridized carbons (Fsp3) is 0.429. The molecule has 2 N–H and O–H groups in total. The van der Waals surface area contributed by atoms with Gasteiger partial charge >= 0.3 is 0 Å². The Labute approximate surface area is 132 Å². The molecule has 0 spiro atoms. The van der Waals surface area contributed by atoms with Crippen molar-refractivity contribution in [3.8, 4) is 0 Å². The van der Waals surface area contributed by atoms with E-state index in [1.807, 2.05) is 0 Å². The van der Waals surface area contributed by atoms with Gasteiger partial charge < -0.3 is 10.6 Å². The first-order valence-corrected chi connectivity index (χ1v) is 7.81. The fourth-order valence-electron chi connectivity index (χ4n) is 2.58. The predicted molar refractivity (Wildman–Crippen MR) is 83.9 cm³/mol. The molecule has 6 heteroatoms. The van der Waals surface area contributed by atoms with Crippen LogP contribution in [0.1, 0.15) is 36.0 Å². The highest BCUT2D eigenvalue weighted by atomic mass is 79.9. The summed E-state index contributed by atoms with van der Waals surface area (Å²) >= 11 is 7.64. The Morgan fingerprint density at radius 3 is 2.60 bits per heavy atom. The van der Waals surface area contributed by atoms with Gasteiger partial charge in [0.25, 0.3) is 5.91 Å². The van der Waals surface area contributed by atoms with Crippen LogP contribution >= 0.6 is 28.6 Å². The van der Waals surface area contributed by atoms with Crippen molar-refractivity contribution >= 4 is 40.4 Å². The van der Waals surface area contributed by atoms with Gasteiger partial charge in [-0.25, -0.2) is 0 Å². The lowest BCUT2D eigenvalue weighted by atomic mass is 10.1. The van der Waals surface area contributed by atoms with E-state index in [0.717, 1.165) is 25.7 Å². The Kier molecular flexibility index (Phi) is 5.10. The molecule has 0 radical (unpaired) electrons. The molecule has 2 rings (SSSR count). The zero-order valence-electron chi connectivity index (χ0n) is 11.0. The van der Waals surface area contributed by atoms with E-state index in [0.29, 0.717) is 14.9 Å². The number of nitrogens with zero attached hydrogens (tertiary/aromatic N) is 1. The second-order valence-corrected chi connectivity index (χ2v) is 6.37. The fourth-order valence-corrected chi connectivity index (χ4v) is 3.20. The van der Waals surface area contributed by atoms with E-state index in [1.165, 1.54) is 0 Å². The van der Waals surface area contributed by atoms with E-state index in [2.05, 4.69) is 28.6 Å². The van der Waals surface area contributed by atoms with Crippen LogP contribution in [-0.4, -0.2) is 29.3 Å². The first-order valence-electron chi connectivity index (χ1n) is 6.57. The van der Waals surface area contributed by atoms with Crippen LogP contribution in [-0.2, 0) is 4.79 Å². The van der Waals surface area contributed by atoms with Crippen molar-refractivity contribution in [1.29, 1.82) is 0 Å². The summed E-state index contributed by atoms with van der Waals surface area (Å²) in [6, 6.07) is 5.40. The maximum atomic E-state index is 12.7. The molecule has 0 heterocycles. The summed E-state index contributed by atoms with van der Waals surface area (Å²) in [4.78, 5) is 26.3. The monoisotopic (exact) mass is 356 g/mol. The normalized spacial score (nSPS) is 15.3. The molecule has 4 nitrogen and oxygen atoms in total. The summed E-state index contributed by atoms with van der Waals surface area (Å²) in [5.41, 5.74) is 5.80. The largest absolute Gasteiger partial charge is 0.368 e. The molecule has 0 aliphatic heterocycles. The molecule has 108 valence electrons. The number of thiol groups is 1. The van der Waals surface area contributed by atoms with Crippen LogP contribution in [0.2, 0.25) is 0 Å². The number of amides is 2. The van der Waals surface area contributed by atoms with Gasteiger partial charge in [-0.15, -0.1) is 12.6 Å². The lowest BCUT2D eigenvalue weighted by Crippen LogP contribution is -2.44. The van der Waals surface area contributed by atoms with Gasteiger partial charge in [0.2, 0.25) is 5.91 Å². The lowest BCUT2D eigenvalue weighted by Gasteiger charge is -2.28. The van der Waals surface area contributed by atoms with Gasteiger partial charge in [-0.3, -0.25) is 9.59 Å². The van der Waals surface area contributed by atoms with E-state index in [1.54, 1.807) is 23.1 Å². The minimum atomic E-state index is -0.483. The lowest BCUT2D eigenvalue weighted by molar-refractivity contribution is -0.119. The zero-order valence-corrected chi connectivity index (χ0v) is 13.5. The molecule has 20 heavy (non-hydrogen) atoms. The Bertz CT molecular complexity index is 530. The van der Waals surface area contributed by atoms with E-state index < -0.39 is 5.91 Å². The van der Waals surface area contributed by atoms with Crippen molar-refractivity contribution in [2.45, 2.75) is 36.6 Å². The topological polar surface area (TPSA) is 63.4 Å². The summed E-state index contributed by atoms with van der Waals surface area (Å²) in [6.45, 7) is -0.0350. The summed E-state index contributed by atoms with van der Waals surface area (Å²) < 4.78 is 0.702. The SMILES string of the molecule is NC(=O)CN(C(=O)c1cc(S)ccc1Br)C1CCCC1. The molecule has 0 aromatic heterocycles.